The number of nitro groups is 1. The van der Waals surface area contributed by atoms with Gasteiger partial charge in [-0.3, -0.25) is 10.1 Å². The summed E-state index contributed by atoms with van der Waals surface area (Å²) in [7, 11) is 0. The van der Waals surface area contributed by atoms with E-state index >= 15 is 0 Å². The number of benzene rings is 2. The van der Waals surface area contributed by atoms with Gasteiger partial charge in [-0.25, -0.2) is 0 Å². The van der Waals surface area contributed by atoms with Crippen LogP contribution in [0, 0.1) is 17.0 Å². The van der Waals surface area contributed by atoms with Crippen LogP contribution >= 0.6 is 31.9 Å². The monoisotopic (exact) mass is 399 g/mol. The van der Waals surface area contributed by atoms with E-state index in [-0.39, 0.29) is 11.4 Å². The van der Waals surface area contributed by atoms with E-state index in [1.807, 2.05) is 25.1 Å². The largest absolute Gasteiger partial charge is 0.449 e. The second-order valence-electron chi connectivity index (χ2n) is 4.19. The quantitative estimate of drug-likeness (QED) is 0.394. The topological polar surface area (TPSA) is 52.4 Å². The third-order valence-electron chi connectivity index (χ3n) is 2.71. The van der Waals surface area contributed by atoms with Gasteiger partial charge in [0.25, 0.3) is 0 Å². The minimum absolute atomic E-state index is 0.0690. The summed E-state index contributed by atoms with van der Waals surface area (Å²) in [6.45, 7) is 1.98. The maximum atomic E-state index is 11.1. The van der Waals surface area contributed by atoms with Gasteiger partial charge in [0, 0.05) is 17.0 Å². The molecule has 2 aromatic rings. The maximum Gasteiger partial charge on any atom is 0.312 e. The molecule has 0 spiro atoms. The Kier molecular flexibility index (Phi) is 4.77. The fourth-order valence-electron chi connectivity index (χ4n) is 1.76. The molecule has 4 nitrogen and oxygen atoms in total. The van der Waals surface area contributed by atoms with Gasteiger partial charge in [0.05, 0.1) is 9.40 Å². The van der Waals surface area contributed by atoms with E-state index in [1.54, 1.807) is 12.1 Å². The Morgan fingerprint density at radius 3 is 2.70 bits per heavy atom. The summed E-state index contributed by atoms with van der Waals surface area (Å²) in [6, 6.07) is 10.4. The van der Waals surface area contributed by atoms with Crippen LogP contribution in [0.15, 0.2) is 40.9 Å². The summed E-state index contributed by atoms with van der Waals surface area (Å²) in [5.41, 5.74) is 1.98. The van der Waals surface area contributed by atoms with Gasteiger partial charge < -0.3 is 4.74 Å². The predicted octanol–water partition coefficient (Wildman–Crippen LogP) is 5.35. The molecule has 6 heteroatoms. The van der Waals surface area contributed by atoms with Gasteiger partial charge in [0.15, 0.2) is 0 Å². The lowest BCUT2D eigenvalue weighted by molar-refractivity contribution is -0.385. The second-order valence-corrected chi connectivity index (χ2v) is 5.61. The van der Waals surface area contributed by atoms with E-state index in [0.29, 0.717) is 15.6 Å². The van der Waals surface area contributed by atoms with Crippen molar-refractivity contribution in [2.24, 2.45) is 0 Å². The molecule has 0 aliphatic carbocycles. The number of hydrogen-bond acceptors (Lipinski definition) is 3. The van der Waals surface area contributed by atoms with Crippen molar-refractivity contribution in [3.63, 3.8) is 0 Å². The molecule has 0 radical (unpaired) electrons. The summed E-state index contributed by atoms with van der Waals surface area (Å²) < 4.78 is 6.31. The van der Waals surface area contributed by atoms with Crippen molar-refractivity contribution in [3.8, 4) is 11.5 Å². The zero-order valence-electron chi connectivity index (χ0n) is 10.6. The molecule has 0 heterocycles. The minimum Gasteiger partial charge on any atom is -0.449 e. The number of alkyl halides is 1. The van der Waals surface area contributed by atoms with E-state index in [4.69, 9.17) is 4.74 Å². The number of rotatable bonds is 4. The summed E-state index contributed by atoms with van der Waals surface area (Å²) in [5, 5.41) is 11.7. The predicted molar refractivity (Wildman–Crippen MR) is 84.7 cm³/mol. The van der Waals surface area contributed by atoms with Crippen LogP contribution in [0.4, 0.5) is 5.69 Å². The molecule has 0 fully saturated rings. The molecule has 104 valence electrons. The van der Waals surface area contributed by atoms with E-state index in [2.05, 4.69) is 31.9 Å². The normalized spacial score (nSPS) is 10.3. The molecule has 0 saturated heterocycles. The van der Waals surface area contributed by atoms with Crippen LogP contribution in [-0.4, -0.2) is 4.92 Å². The van der Waals surface area contributed by atoms with Crippen LogP contribution < -0.4 is 4.74 Å². The molecule has 0 N–H and O–H groups in total. The van der Waals surface area contributed by atoms with Crippen molar-refractivity contribution in [2.75, 3.05) is 0 Å². The molecular weight excluding hydrogens is 390 g/mol. The first-order chi connectivity index (χ1) is 9.52. The third-order valence-corrected chi connectivity index (χ3v) is 3.94. The molecule has 0 aliphatic rings. The number of aryl methyl sites for hydroxylation is 1. The summed E-state index contributed by atoms with van der Waals surface area (Å²) in [6.07, 6.45) is 0. The highest BCUT2D eigenvalue weighted by molar-refractivity contribution is 9.10. The Morgan fingerprint density at radius 2 is 2.05 bits per heavy atom. The zero-order chi connectivity index (χ0) is 14.7. The van der Waals surface area contributed by atoms with E-state index in [0.717, 1.165) is 11.1 Å². The van der Waals surface area contributed by atoms with Crippen LogP contribution in [0.2, 0.25) is 0 Å². The standard InChI is InChI=1S/C14H11Br2NO3/c1-9-5-6-13(10(7-9)8-15)20-14-11(16)3-2-4-12(14)17(18)19/h2-7H,8H2,1H3. The zero-order valence-corrected chi connectivity index (χ0v) is 13.8. The molecule has 2 rings (SSSR count). The Hall–Kier alpha value is -1.40. The molecule has 0 saturated carbocycles. The molecule has 2 aromatic carbocycles. The fraction of sp³-hybridized carbons (Fsp3) is 0.143. The molecule has 20 heavy (non-hydrogen) atoms. The Morgan fingerprint density at radius 1 is 1.30 bits per heavy atom. The van der Waals surface area contributed by atoms with Gasteiger partial charge in [0.2, 0.25) is 5.75 Å². The Labute approximate surface area is 133 Å². The maximum absolute atomic E-state index is 11.1. The van der Waals surface area contributed by atoms with Crippen LogP contribution in [0.5, 0.6) is 11.5 Å². The van der Waals surface area contributed by atoms with Gasteiger partial charge >= 0.3 is 5.69 Å². The van der Waals surface area contributed by atoms with Crippen LogP contribution in [0.25, 0.3) is 0 Å². The van der Waals surface area contributed by atoms with Gasteiger partial charge in [-0.1, -0.05) is 39.7 Å². The summed E-state index contributed by atoms with van der Waals surface area (Å²) in [4.78, 5) is 10.6. The van der Waals surface area contributed by atoms with E-state index in [1.165, 1.54) is 6.07 Å². The third kappa shape index (κ3) is 3.19. The lowest BCUT2D eigenvalue weighted by Crippen LogP contribution is -1.96. The first-order valence-corrected chi connectivity index (χ1v) is 7.70. The lowest BCUT2D eigenvalue weighted by atomic mass is 10.1. The van der Waals surface area contributed by atoms with Crippen molar-refractivity contribution in [3.05, 3.63) is 62.1 Å². The molecule has 0 bridgehead atoms. The fourth-order valence-corrected chi connectivity index (χ4v) is 2.64. The number of halogens is 2. The van der Waals surface area contributed by atoms with Gasteiger partial charge in [-0.2, -0.15) is 0 Å². The molecule has 0 atom stereocenters. The number of hydrogen-bond donors (Lipinski definition) is 0. The van der Waals surface area contributed by atoms with Crippen molar-refractivity contribution in [2.45, 2.75) is 12.3 Å². The molecule has 0 aromatic heterocycles. The Balaban J connectivity index is 2.47. The lowest BCUT2D eigenvalue weighted by Gasteiger charge is -2.12. The van der Waals surface area contributed by atoms with E-state index < -0.39 is 4.92 Å². The molecule has 0 amide bonds. The number of para-hydroxylation sites is 1. The average Bonchev–Trinajstić information content (AvgIpc) is 2.42. The first kappa shape index (κ1) is 15.0. The first-order valence-electron chi connectivity index (χ1n) is 5.79. The van der Waals surface area contributed by atoms with Gasteiger partial charge in [-0.15, -0.1) is 0 Å². The minimum atomic E-state index is -0.456. The van der Waals surface area contributed by atoms with Crippen LogP contribution in [0.1, 0.15) is 11.1 Å². The summed E-state index contributed by atoms with van der Waals surface area (Å²) in [5.74, 6) is 0.811. The van der Waals surface area contributed by atoms with Gasteiger partial charge in [-0.05, 0) is 35.0 Å². The number of nitro benzene ring substituents is 1. The van der Waals surface area contributed by atoms with Crippen LogP contribution in [-0.2, 0) is 5.33 Å². The molecular formula is C14H11Br2NO3. The Bertz CT molecular complexity index is 659. The number of nitrogens with zero attached hydrogens (tertiary/aromatic N) is 1. The van der Waals surface area contributed by atoms with Crippen molar-refractivity contribution in [1.82, 2.24) is 0 Å². The number of ether oxygens (including phenoxy) is 1. The smallest absolute Gasteiger partial charge is 0.312 e. The highest BCUT2D eigenvalue weighted by atomic mass is 79.9. The highest BCUT2D eigenvalue weighted by Crippen LogP contribution is 2.39. The SMILES string of the molecule is Cc1ccc(Oc2c(Br)cccc2[N+](=O)[O-])c(CBr)c1. The molecule has 0 unspecified atom stereocenters. The van der Waals surface area contributed by atoms with Crippen molar-refractivity contribution < 1.29 is 9.66 Å². The van der Waals surface area contributed by atoms with Crippen LogP contribution in [0.3, 0.4) is 0 Å². The van der Waals surface area contributed by atoms with Gasteiger partial charge in [0.1, 0.15) is 5.75 Å². The second kappa shape index (κ2) is 6.37. The van der Waals surface area contributed by atoms with E-state index in [9.17, 15) is 10.1 Å². The van der Waals surface area contributed by atoms with Crippen molar-refractivity contribution >= 4 is 37.5 Å². The summed E-state index contributed by atoms with van der Waals surface area (Å²) >= 11 is 6.69. The average molecular weight is 401 g/mol. The van der Waals surface area contributed by atoms with Crippen molar-refractivity contribution in [1.29, 1.82) is 0 Å². The highest BCUT2D eigenvalue weighted by Gasteiger charge is 2.19. The molecule has 0 aliphatic heterocycles.